The maximum absolute atomic E-state index is 14.4. The minimum absolute atomic E-state index is 0. The van der Waals surface area contributed by atoms with Crippen molar-refractivity contribution in [3.8, 4) is 0 Å². The van der Waals surface area contributed by atoms with Crippen molar-refractivity contribution in [3.05, 3.63) is 98.5 Å². The first kappa shape index (κ1) is 62.5. The number of ether oxygens (including phenoxy) is 7. The van der Waals surface area contributed by atoms with E-state index < -0.39 is 30.2 Å². The zero-order valence-corrected chi connectivity index (χ0v) is 45.3. The molecule has 404 valence electrons. The number of carbonyl (C=O) groups is 3. The number of morpholine rings is 3. The first-order valence-corrected chi connectivity index (χ1v) is 24.3. The second-order valence-corrected chi connectivity index (χ2v) is 17.2. The van der Waals surface area contributed by atoms with E-state index in [2.05, 4.69) is 15.8 Å². The summed E-state index contributed by atoms with van der Waals surface area (Å²) in [5.74, 6) is -0.177. The summed E-state index contributed by atoms with van der Waals surface area (Å²) >= 11 is 11.0. The van der Waals surface area contributed by atoms with Gasteiger partial charge >= 0.3 is 47.8 Å². The number of carbonyl (C=O) groups excluding carboxylic acids is 3. The number of amides is 3. The first-order chi connectivity index (χ1) is 35.4. The van der Waals surface area contributed by atoms with Gasteiger partial charge in [-0.1, -0.05) is 5.11 Å². The number of quaternary nitrogens is 1. The van der Waals surface area contributed by atoms with Crippen molar-refractivity contribution < 1.29 is 108 Å². The van der Waals surface area contributed by atoms with Crippen molar-refractivity contribution in [2.75, 3.05) is 159 Å². The van der Waals surface area contributed by atoms with Crippen molar-refractivity contribution in [3.63, 3.8) is 0 Å². The molecule has 10 rings (SSSR count). The summed E-state index contributed by atoms with van der Waals surface area (Å²) in [5, 5.41) is 3.39. The smallest absolute Gasteiger partial charge is 1.00 e. The van der Waals surface area contributed by atoms with Crippen molar-refractivity contribution in [1.82, 2.24) is 0 Å². The number of cyclic esters (lactones) is 3. The Hall–Kier alpha value is -5.05. The van der Waals surface area contributed by atoms with Gasteiger partial charge in [0, 0.05) is 44.2 Å². The van der Waals surface area contributed by atoms with Crippen LogP contribution in [-0.2, 0) is 33.2 Å². The molecule has 7 aliphatic heterocycles. The second-order valence-electron chi connectivity index (χ2n) is 16.6. The largest absolute Gasteiger partial charge is 1.00 e. The van der Waals surface area contributed by atoms with E-state index in [1.54, 1.807) is 36.4 Å². The number of epoxide rings is 1. The molecule has 7 saturated heterocycles. The number of benzene rings is 3. The minimum atomic E-state index is -0.568. The fourth-order valence-electron chi connectivity index (χ4n) is 7.98. The average Bonchev–Trinajstić information content (AvgIpc) is 3.91. The van der Waals surface area contributed by atoms with Gasteiger partial charge in [-0.25, -0.2) is 27.6 Å². The zero-order chi connectivity index (χ0) is 52.3. The molecule has 7 fully saturated rings. The Labute approximate surface area is 468 Å². The molecule has 3 aromatic carbocycles. The third kappa shape index (κ3) is 18.0. The molecule has 3 aromatic rings. The van der Waals surface area contributed by atoms with Crippen LogP contribution in [0.4, 0.5) is 61.7 Å². The number of anilines is 6. The SMILES string of the molecule is ClC[C@H]1CO1.O=C1O[C@@H](CCl)CN1c1ccc(N2CCOCC2)c(F)c1.[Cl-].[N-]=[N+]=NC[C@H]1CN(c2ccc(N3CCOCC3)c(F)c2)C(=O)O1.[N-]=[N+]=[N-].[NH3+]C[C@H]1CN(c2ccc(N3CCOCC3)c(F)c2)C(=O)O1.[Na+]. The van der Waals surface area contributed by atoms with Crippen LogP contribution in [-0.4, -0.2) is 173 Å². The van der Waals surface area contributed by atoms with Gasteiger partial charge in [-0.3, -0.25) is 19.6 Å². The molecule has 0 aliphatic carbocycles. The topological polar surface area (TPSA) is 274 Å². The number of halogens is 6. The second kappa shape index (κ2) is 31.9. The predicted octanol–water partition coefficient (Wildman–Crippen LogP) is 0.252. The van der Waals surface area contributed by atoms with Crippen molar-refractivity contribution in [1.29, 1.82) is 0 Å². The van der Waals surface area contributed by atoms with Gasteiger partial charge in [-0.05, 0) is 60.1 Å². The third-order valence-electron chi connectivity index (χ3n) is 11.8. The molecule has 4 atom stereocenters. The average molecular weight is 1130 g/mol. The Balaban J connectivity index is 0.000000223. The monoisotopic (exact) mass is 1120 g/mol. The number of rotatable bonds is 11. The Kier molecular flexibility index (Phi) is 26.6. The Bertz CT molecular complexity index is 2330. The van der Waals surface area contributed by atoms with Gasteiger partial charge in [0.1, 0.15) is 36.2 Å². The molecule has 0 unspecified atom stereocenters. The van der Waals surface area contributed by atoms with Crippen molar-refractivity contribution >= 4 is 75.6 Å². The summed E-state index contributed by atoms with van der Waals surface area (Å²) in [6.07, 6.45) is -2.18. The van der Waals surface area contributed by atoms with Gasteiger partial charge in [0.2, 0.25) is 0 Å². The number of nitrogens with zero attached hydrogens (tertiary/aromatic N) is 12. The molecule has 0 aromatic heterocycles. The quantitative estimate of drug-likeness (QED) is 0.0514. The fourth-order valence-corrected chi connectivity index (χ4v) is 8.32. The van der Waals surface area contributed by atoms with E-state index in [0.29, 0.717) is 145 Å². The molecular formula is C45H56Cl3F3N13NaO10. The first-order valence-electron chi connectivity index (χ1n) is 23.2. The Morgan fingerprint density at radius 3 is 1.16 bits per heavy atom. The van der Waals surface area contributed by atoms with E-state index in [1.165, 1.54) is 37.8 Å². The maximum atomic E-state index is 14.4. The number of azide groups is 1. The van der Waals surface area contributed by atoms with Crippen LogP contribution in [0.5, 0.6) is 0 Å². The van der Waals surface area contributed by atoms with Crippen LogP contribution in [0, 0.1) is 17.5 Å². The maximum Gasteiger partial charge on any atom is 1.00 e. The normalized spacial score (nSPS) is 21.5. The van der Waals surface area contributed by atoms with Crippen LogP contribution >= 0.6 is 23.2 Å². The fraction of sp³-hybridized carbons (Fsp3) is 0.533. The number of hydrogen-bond acceptors (Lipinski definition) is 14. The van der Waals surface area contributed by atoms with Crippen LogP contribution in [0.3, 0.4) is 0 Å². The number of hydrogen-bond donors (Lipinski definition) is 1. The zero-order valence-electron chi connectivity index (χ0n) is 41.1. The molecule has 75 heavy (non-hydrogen) atoms. The molecule has 3 N–H and O–H groups in total. The third-order valence-corrected chi connectivity index (χ3v) is 12.5. The van der Waals surface area contributed by atoms with E-state index in [1.807, 2.05) is 14.7 Å². The van der Waals surface area contributed by atoms with Crippen LogP contribution in [0.1, 0.15) is 0 Å². The summed E-state index contributed by atoms with van der Waals surface area (Å²) in [7, 11) is 0. The molecule has 0 bridgehead atoms. The van der Waals surface area contributed by atoms with Crippen molar-refractivity contribution in [2.24, 2.45) is 5.11 Å². The molecule has 0 saturated carbocycles. The van der Waals surface area contributed by atoms with Gasteiger partial charge < -0.3 is 77.1 Å². The molecule has 7 aliphatic rings. The van der Waals surface area contributed by atoms with Crippen LogP contribution in [0.15, 0.2) is 59.7 Å². The molecule has 23 nitrogen and oxygen atoms in total. The molecule has 0 spiro atoms. The molecule has 0 radical (unpaired) electrons. The van der Waals surface area contributed by atoms with E-state index in [-0.39, 0.29) is 84.8 Å². The van der Waals surface area contributed by atoms with Gasteiger partial charge in [-0.2, -0.15) is 0 Å². The van der Waals surface area contributed by atoms with Crippen LogP contribution in [0.25, 0.3) is 26.4 Å². The van der Waals surface area contributed by atoms with E-state index in [4.69, 9.17) is 73.0 Å². The Morgan fingerprint density at radius 2 is 0.893 bits per heavy atom. The summed E-state index contributed by atoms with van der Waals surface area (Å²) in [5.41, 5.74) is 28.5. The number of alkyl halides is 2. The summed E-state index contributed by atoms with van der Waals surface area (Å²) < 4.78 is 78.8. The van der Waals surface area contributed by atoms with E-state index in [0.717, 1.165) is 6.61 Å². The predicted molar refractivity (Wildman–Crippen MR) is 264 cm³/mol. The van der Waals surface area contributed by atoms with Gasteiger partial charge in [-0.15, -0.1) is 23.2 Å². The molecule has 3 amide bonds. The van der Waals surface area contributed by atoms with Crippen LogP contribution < -0.4 is 77.1 Å². The standard InChI is InChI=1S/C14H16ClFN2O3.C14H16FN5O3.C14H18FN3O3.C3H5ClO.ClH.N3.Na/c15-8-11-9-18(14(19)21-11)10-1-2-13(12(16)7-10)17-3-5-20-6-4-17;15-12-7-10(1-2-13(12)19-3-5-22-6-4-19)20-9-11(8-17-18-16)23-14(20)21;15-12-7-10(18-9-11(8-16)21-14(18)19)1-2-13(12)17-3-5-20-6-4-17;4-1-3-2-5-3;;1-3-2;/h1-2,7,11H,3-6,8-9H2;1-2,7,11H,3-6,8-9H2;1-2,7,11H,3-6,8-9,16H2;3H,1-2H2;1H;;/q;;;;;-1;+1/t3*11-;3-;;;/m0000.../s1. The summed E-state index contributed by atoms with van der Waals surface area (Å²) in [6, 6.07) is 14.3. The van der Waals surface area contributed by atoms with E-state index in [9.17, 15) is 27.6 Å². The van der Waals surface area contributed by atoms with Crippen LogP contribution in [0.2, 0.25) is 0 Å². The summed E-state index contributed by atoms with van der Waals surface area (Å²) in [4.78, 5) is 49.5. The summed E-state index contributed by atoms with van der Waals surface area (Å²) in [6.45, 7) is 9.92. The van der Waals surface area contributed by atoms with Gasteiger partial charge in [0.15, 0.2) is 6.10 Å². The van der Waals surface area contributed by atoms with Crippen molar-refractivity contribution in [2.45, 2.75) is 24.4 Å². The van der Waals surface area contributed by atoms with E-state index >= 15 is 0 Å². The van der Waals surface area contributed by atoms with Gasteiger partial charge in [0.25, 0.3) is 0 Å². The molecule has 30 heteroatoms. The molecular weight excluding hydrogens is 1070 g/mol. The molecule has 7 heterocycles. The minimum Gasteiger partial charge on any atom is -1.00 e. The van der Waals surface area contributed by atoms with Gasteiger partial charge in [0.05, 0.1) is 124 Å². The Morgan fingerprint density at radius 1 is 0.573 bits per heavy atom.